The number of phosphoric acid groups is 1. The highest BCUT2D eigenvalue weighted by atomic mass is 31.2. The lowest BCUT2D eigenvalue weighted by Crippen LogP contribution is -2.43. The number of aliphatic hydroxyl groups is 1. The molecule has 1 aromatic heterocycles. The van der Waals surface area contributed by atoms with Crippen molar-refractivity contribution in [2.75, 3.05) is 13.2 Å². The van der Waals surface area contributed by atoms with Crippen LogP contribution >= 0.6 is 7.82 Å². The largest absolute Gasteiger partial charge is 0.547 e. The molecule has 0 saturated carbocycles. The van der Waals surface area contributed by atoms with E-state index in [2.05, 4.69) is 5.48 Å². The number of phosphoric ester groups is 1. The first kappa shape index (κ1) is 30.8. The van der Waals surface area contributed by atoms with Crippen molar-refractivity contribution in [3.63, 3.8) is 0 Å². The Balaban J connectivity index is 1.40. The number of hydrogen-bond acceptors (Lipinski definition) is 10. The van der Waals surface area contributed by atoms with Gasteiger partial charge in [0.05, 0.1) is 25.9 Å². The Kier molecular flexibility index (Phi) is 9.92. The monoisotopic (exact) mass is 593 g/mol. The number of rotatable bonds is 13. The molecule has 6 atom stereocenters. The normalized spacial score (nSPS) is 24.6. The fourth-order valence-corrected chi connectivity index (χ4v) is 5.28. The van der Waals surface area contributed by atoms with Crippen molar-refractivity contribution in [3.05, 3.63) is 98.8 Å². The number of aromatic nitrogens is 2. The van der Waals surface area contributed by atoms with E-state index in [0.717, 1.165) is 34.9 Å². The van der Waals surface area contributed by atoms with E-state index >= 15 is 4.39 Å². The molecule has 14 heteroatoms. The molecule has 0 aliphatic carbocycles. The van der Waals surface area contributed by atoms with Crippen molar-refractivity contribution < 1.29 is 37.2 Å². The number of aromatic amines is 1. The van der Waals surface area contributed by atoms with E-state index in [9.17, 15) is 19.3 Å². The van der Waals surface area contributed by atoms with Gasteiger partial charge in [-0.2, -0.15) is 10.1 Å². The minimum Gasteiger partial charge on any atom is -0.403 e. The average molecular weight is 594 g/mol. The minimum absolute atomic E-state index is 0.168. The second-order valence-electron chi connectivity index (χ2n) is 9.84. The maximum atomic E-state index is 15.5. The van der Waals surface area contributed by atoms with Gasteiger partial charge in [0.25, 0.3) is 5.56 Å². The Hall–Kier alpha value is -3.16. The number of aliphatic hydroxyl groups excluding tert-OH is 1. The lowest BCUT2D eigenvalue weighted by Gasteiger charge is -2.24. The molecule has 0 bridgehead atoms. The topological polar surface area (TPSA) is 150 Å². The van der Waals surface area contributed by atoms with Crippen LogP contribution in [0.25, 0.3) is 0 Å². The SMILES string of the molecule is Cc1ccccc1COC[C@H](C)NOP(=O)(OC[C@H]1O[C@@H](n2ccc(=O)[nH]c2=O)[C@](C)(F)[C@@H]1O)Oc1ccccc1. The van der Waals surface area contributed by atoms with Gasteiger partial charge in [0.1, 0.15) is 18.0 Å². The molecule has 3 N–H and O–H groups in total. The van der Waals surface area contributed by atoms with E-state index in [1.54, 1.807) is 25.1 Å². The first-order valence-corrected chi connectivity index (χ1v) is 14.3. The molecule has 12 nitrogen and oxygen atoms in total. The molecule has 0 amide bonds. The zero-order valence-corrected chi connectivity index (χ0v) is 23.7. The number of benzene rings is 2. The first-order chi connectivity index (χ1) is 19.5. The summed E-state index contributed by atoms with van der Waals surface area (Å²) in [5.74, 6) is 0.168. The number of nitrogens with zero attached hydrogens (tertiary/aromatic N) is 1. The molecule has 1 unspecified atom stereocenters. The summed E-state index contributed by atoms with van der Waals surface area (Å²) >= 11 is 0. The van der Waals surface area contributed by atoms with Gasteiger partial charge in [0.15, 0.2) is 11.9 Å². The van der Waals surface area contributed by atoms with Crippen molar-refractivity contribution in [3.8, 4) is 5.75 Å². The smallest absolute Gasteiger partial charge is 0.403 e. The summed E-state index contributed by atoms with van der Waals surface area (Å²) in [5, 5.41) is 10.6. The van der Waals surface area contributed by atoms with Crippen molar-refractivity contribution in [2.45, 2.75) is 57.5 Å². The zero-order valence-electron chi connectivity index (χ0n) is 22.8. The number of aryl methyl sites for hydroxylation is 1. The summed E-state index contributed by atoms with van der Waals surface area (Å²) in [7, 11) is -4.42. The highest BCUT2D eigenvalue weighted by Gasteiger charge is 2.56. The van der Waals surface area contributed by atoms with Gasteiger partial charge in [0.2, 0.25) is 0 Å². The molecule has 2 heterocycles. The van der Waals surface area contributed by atoms with Crippen molar-refractivity contribution >= 4 is 7.82 Å². The molecule has 4 rings (SSSR count). The van der Waals surface area contributed by atoms with E-state index in [4.69, 9.17) is 23.1 Å². The standard InChI is InChI=1S/C27H33FN3O9P/c1-18-9-7-8-10-20(18)16-36-15-19(2)30-40-41(35,39-21-11-5-4-6-12-21)37-17-22-24(33)27(3,28)25(38-22)31-14-13-23(32)29-26(31)34/h4-14,19,22,24-25,30,33H,15-17H2,1-3H3,(H,29,32,34)/t19-,22+,24+,25+,27+,41?/m0/s1. The van der Waals surface area contributed by atoms with E-state index in [-0.39, 0.29) is 12.4 Å². The van der Waals surface area contributed by atoms with Crippen molar-refractivity contribution in [1.82, 2.24) is 15.0 Å². The van der Waals surface area contributed by atoms with Crippen LogP contribution in [0.15, 0.2) is 76.4 Å². The van der Waals surface area contributed by atoms with Crippen LogP contribution in [0.5, 0.6) is 5.75 Å². The predicted octanol–water partition coefficient (Wildman–Crippen LogP) is 3.16. The molecule has 222 valence electrons. The Bertz CT molecular complexity index is 1470. The molecule has 41 heavy (non-hydrogen) atoms. The van der Waals surface area contributed by atoms with Crippen molar-refractivity contribution in [2.24, 2.45) is 0 Å². The van der Waals surface area contributed by atoms with Gasteiger partial charge >= 0.3 is 13.5 Å². The van der Waals surface area contributed by atoms with E-state index in [1.165, 1.54) is 12.1 Å². The maximum absolute atomic E-state index is 15.5. The van der Waals surface area contributed by atoms with Crippen LogP contribution in [0.4, 0.5) is 4.39 Å². The third-order valence-corrected chi connectivity index (χ3v) is 7.66. The van der Waals surface area contributed by atoms with Crippen LogP contribution in [-0.4, -0.2) is 51.8 Å². The highest BCUT2D eigenvalue weighted by Crippen LogP contribution is 2.50. The molecular formula is C27H33FN3O9P. The summed E-state index contributed by atoms with van der Waals surface area (Å²) < 4.78 is 57.6. The number of para-hydroxylation sites is 1. The molecule has 0 radical (unpaired) electrons. The number of hydroxylamine groups is 1. The third kappa shape index (κ3) is 7.77. The van der Waals surface area contributed by atoms with Crippen LogP contribution in [0.3, 0.4) is 0 Å². The van der Waals surface area contributed by atoms with E-state index in [0.29, 0.717) is 6.61 Å². The first-order valence-electron chi connectivity index (χ1n) is 12.9. The summed E-state index contributed by atoms with van der Waals surface area (Å²) in [4.78, 5) is 25.6. The second-order valence-corrected chi connectivity index (χ2v) is 11.4. The van der Waals surface area contributed by atoms with Gasteiger partial charge in [-0.05, 0) is 44.0 Å². The average Bonchev–Trinajstić information content (AvgIpc) is 3.16. The Labute approximate surface area is 235 Å². The Morgan fingerprint density at radius 1 is 1.17 bits per heavy atom. The van der Waals surface area contributed by atoms with Gasteiger partial charge < -0.3 is 19.1 Å². The van der Waals surface area contributed by atoms with Crippen LogP contribution in [0.1, 0.15) is 31.2 Å². The number of halogens is 1. The molecule has 1 aliphatic heterocycles. The second kappa shape index (κ2) is 13.2. The van der Waals surface area contributed by atoms with Gasteiger partial charge in [-0.15, -0.1) is 0 Å². The molecular weight excluding hydrogens is 560 g/mol. The van der Waals surface area contributed by atoms with Gasteiger partial charge in [-0.25, -0.2) is 13.8 Å². The summed E-state index contributed by atoms with van der Waals surface area (Å²) in [6, 6.07) is 16.5. The van der Waals surface area contributed by atoms with Crippen molar-refractivity contribution in [1.29, 1.82) is 0 Å². The fourth-order valence-electron chi connectivity index (χ4n) is 4.12. The number of hydrogen-bond donors (Lipinski definition) is 3. The minimum atomic E-state index is -4.42. The number of nitrogens with one attached hydrogen (secondary N) is 2. The Morgan fingerprint density at radius 3 is 2.59 bits per heavy atom. The maximum Gasteiger partial charge on any atom is 0.547 e. The Morgan fingerprint density at radius 2 is 1.88 bits per heavy atom. The number of alkyl halides is 1. The van der Waals surface area contributed by atoms with Crippen LogP contribution in [-0.2, 0) is 29.8 Å². The summed E-state index contributed by atoms with van der Waals surface area (Å²) in [5.41, 5.74) is 0.643. The van der Waals surface area contributed by atoms with Gasteiger partial charge in [-0.3, -0.25) is 18.9 Å². The molecule has 1 fully saturated rings. The summed E-state index contributed by atoms with van der Waals surface area (Å²) in [6.45, 7) is 4.69. The molecule has 2 aromatic carbocycles. The van der Waals surface area contributed by atoms with Crippen LogP contribution < -0.4 is 21.3 Å². The molecule has 3 aromatic rings. The lowest BCUT2D eigenvalue weighted by molar-refractivity contribution is -0.0625. The summed E-state index contributed by atoms with van der Waals surface area (Å²) in [6.07, 6.45) is -3.72. The fraction of sp³-hybridized carbons (Fsp3) is 0.407. The van der Waals surface area contributed by atoms with Gasteiger partial charge in [0, 0.05) is 12.3 Å². The highest BCUT2D eigenvalue weighted by molar-refractivity contribution is 7.48. The predicted molar refractivity (Wildman–Crippen MR) is 146 cm³/mol. The zero-order chi connectivity index (χ0) is 29.6. The van der Waals surface area contributed by atoms with Crippen LogP contribution in [0, 0.1) is 6.92 Å². The molecule has 0 spiro atoms. The van der Waals surface area contributed by atoms with Gasteiger partial charge in [-0.1, -0.05) is 42.5 Å². The quantitative estimate of drug-likeness (QED) is 0.199. The van der Waals surface area contributed by atoms with E-state index in [1.807, 2.05) is 36.2 Å². The molecule has 1 aliphatic rings. The molecule has 1 saturated heterocycles. The van der Waals surface area contributed by atoms with Crippen LogP contribution in [0.2, 0.25) is 0 Å². The lowest BCUT2D eigenvalue weighted by atomic mass is 9.98. The third-order valence-electron chi connectivity index (χ3n) is 6.43. The van der Waals surface area contributed by atoms with E-state index < -0.39 is 55.8 Å². The number of H-pyrrole nitrogens is 1. The number of ether oxygens (including phenoxy) is 2.